The third kappa shape index (κ3) is 4.87. The van der Waals surface area contributed by atoms with Gasteiger partial charge in [-0.05, 0) is 41.0 Å². The average Bonchev–Trinajstić information content (AvgIpc) is 2.88. The fraction of sp³-hybridized carbons (Fsp3) is 0.0741. The lowest BCUT2D eigenvalue weighted by Gasteiger charge is -2.39. The molecular formula is C27H24N6O3S. The van der Waals surface area contributed by atoms with E-state index in [-0.39, 0.29) is 6.54 Å². The SMILES string of the molecule is NC(=O)NS(=O)(=O)C1c2c(cccc2-c2ccccc2)C=C(c2cncc(N)c2)N1Cc1ccccn1. The van der Waals surface area contributed by atoms with Gasteiger partial charge in [0.15, 0.2) is 5.37 Å². The molecular weight excluding hydrogens is 488 g/mol. The zero-order valence-corrected chi connectivity index (χ0v) is 20.5. The number of carbonyl (C=O) groups excluding carboxylic acids is 1. The summed E-state index contributed by atoms with van der Waals surface area (Å²) < 4.78 is 29.7. The number of hydrogen-bond donors (Lipinski definition) is 3. The van der Waals surface area contributed by atoms with Gasteiger partial charge in [0.25, 0.3) is 10.0 Å². The Bertz CT molecular complexity index is 1590. The third-order valence-corrected chi connectivity index (χ3v) is 7.57. The van der Waals surface area contributed by atoms with Gasteiger partial charge >= 0.3 is 6.03 Å². The highest BCUT2D eigenvalue weighted by Gasteiger charge is 2.41. The molecule has 9 nitrogen and oxygen atoms in total. The molecule has 0 bridgehead atoms. The fourth-order valence-electron chi connectivity index (χ4n) is 4.57. The summed E-state index contributed by atoms with van der Waals surface area (Å²) in [4.78, 5) is 22.2. The van der Waals surface area contributed by atoms with Gasteiger partial charge in [-0.25, -0.2) is 17.9 Å². The number of nitrogen functional groups attached to an aromatic ring is 1. The number of carbonyl (C=O) groups is 1. The molecule has 37 heavy (non-hydrogen) atoms. The van der Waals surface area contributed by atoms with E-state index < -0.39 is 21.4 Å². The summed E-state index contributed by atoms with van der Waals surface area (Å²) in [6.07, 6.45) is 6.67. The van der Waals surface area contributed by atoms with Crippen molar-refractivity contribution in [2.45, 2.75) is 11.9 Å². The zero-order chi connectivity index (χ0) is 26.0. The van der Waals surface area contributed by atoms with Crippen molar-refractivity contribution in [1.29, 1.82) is 0 Å². The zero-order valence-electron chi connectivity index (χ0n) is 19.7. The average molecular weight is 513 g/mol. The molecule has 2 amide bonds. The van der Waals surface area contributed by atoms with Gasteiger partial charge in [0.05, 0.1) is 17.9 Å². The maximum atomic E-state index is 13.8. The smallest absolute Gasteiger partial charge is 0.325 e. The molecule has 5 N–H and O–H groups in total. The van der Waals surface area contributed by atoms with E-state index >= 15 is 0 Å². The highest BCUT2D eigenvalue weighted by atomic mass is 32.2. The lowest BCUT2D eigenvalue weighted by molar-refractivity contribution is 0.253. The molecule has 1 aliphatic heterocycles. The number of urea groups is 1. The van der Waals surface area contributed by atoms with Crippen molar-refractivity contribution in [3.8, 4) is 11.1 Å². The molecule has 186 valence electrons. The molecule has 3 heterocycles. The van der Waals surface area contributed by atoms with Crippen LogP contribution in [0.3, 0.4) is 0 Å². The number of primary amides is 1. The Morgan fingerprint density at radius 1 is 0.973 bits per heavy atom. The van der Waals surface area contributed by atoms with E-state index in [4.69, 9.17) is 11.5 Å². The van der Waals surface area contributed by atoms with E-state index in [1.165, 1.54) is 6.20 Å². The first-order chi connectivity index (χ1) is 17.8. The first-order valence-corrected chi connectivity index (χ1v) is 13.0. The van der Waals surface area contributed by atoms with E-state index in [0.29, 0.717) is 39.3 Å². The second-order valence-corrected chi connectivity index (χ2v) is 10.3. The Balaban J connectivity index is 1.81. The monoisotopic (exact) mass is 512 g/mol. The highest BCUT2D eigenvalue weighted by molar-refractivity contribution is 7.90. The molecule has 1 atom stereocenters. The number of benzene rings is 2. The van der Waals surface area contributed by atoms with Crippen LogP contribution in [-0.2, 0) is 16.6 Å². The Hall–Kier alpha value is -4.70. The summed E-state index contributed by atoms with van der Waals surface area (Å²) in [5, 5.41) is -1.32. The van der Waals surface area contributed by atoms with Crippen molar-refractivity contribution in [3.05, 3.63) is 114 Å². The summed E-state index contributed by atoms with van der Waals surface area (Å²) in [5.41, 5.74) is 16.3. The minimum absolute atomic E-state index is 0.119. The van der Waals surface area contributed by atoms with Crippen LogP contribution in [0.5, 0.6) is 0 Å². The number of hydrogen-bond acceptors (Lipinski definition) is 7. The highest BCUT2D eigenvalue weighted by Crippen LogP contribution is 2.46. The topological polar surface area (TPSA) is 144 Å². The molecule has 0 fully saturated rings. The summed E-state index contributed by atoms with van der Waals surface area (Å²) in [6.45, 7) is 0.119. The molecule has 0 spiro atoms. The first-order valence-electron chi connectivity index (χ1n) is 11.4. The second kappa shape index (κ2) is 9.75. The Labute approximate surface area is 214 Å². The first kappa shape index (κ1) is 24.0. The van der Waals surface area contributed by atoms with Gasteiger partial charge in [-0.1, -0.05) is 54.6 Å². The maximum absolute atomic E-state index is 13.8. The van der Waals surface area contributed by atoms with Crippen LogP contribution in [0.4, 0.5) is 10.5 Å². The number of nitrogens with zero attached hydrogens (tertiary/aromatic N) is 3. The van der Waals surface area contributed by atoms with E-state index in [1.807, 2.05) is 65.4 Å². The van der Waals surface area contributed by atoms with E-state index in [9.17, 15) is 13.2 Å². The van der Waals surface area contributed by atoms with Crippen molar-refractivity contribution in [3.63, 3.8) is 0 Å². The minimum atomic E-state index is -4.37. The van der Waals surface area contributed by atoms with E-state index in [1.54, 1.807) is 35.5 Å². The second-order valence-electron chi connectivity index (χ2n) is 8.52. The van der Waals surface area contributed by atoms with Gasteiger partial charge in [-0.3, -0.25) is 9.97 Å². The molecule has 1 unspecified atom stereocenters. The maximum Gasteiger partial charge on any atom is 0.325 e. The van der Waals surface area contributed by atoms with Gasteiger partial charge in [-0.15, -0.1) is 0 Å². The molecule has 4 aromatic rings. The summed E-state index contributed by atoms with van der Waals surface area (Å²) in [7, 11) is -4.37. The number of nitrogens with two attached hydrogens (primary N) is 2. The van der Waals surface area contributed by atoms with Crippen LogP contribution in [0.15, 0.2) is 91.4 Å². The van der Waals surface area contributed by atoms with Gasteiger partial charge in [0.1, 0.15) is 0 Å². The Morgan fingerprint density at radius 2 is 1.76 bits per heavy atom. The fourth-order valence-corrected chi connectivity index (χ4v) is 6.05. The van der Waals surface area contributed by atoms with Crippen molar-refractivity contribution in [1.82, 2.24) is 19.6 Å². The number of anilines is 1. The molecule has 5 rings (SSSR count). The number of aromatic nitrogens is 2. The molecule has 0 radical (unpaired) electrons. The lowest BCUT2D eigenvalue weighted by Crippen LogP contribution is -2.45. The number of rotatable bonds is 6. The Morgan fingerprint density at radius 3 is 2.46 bits per heavy atom. The number of sulfonamides is 1. The largest absolute Gasteiger partial charge is 0.397 e. The van der Waals surface area contributed by atoms with Crippen LogP contribution < -0.4 is 16.2 Å². The number of amides is 2. The van der Waals surface area contributed by atoms with Crippen LogP contribution in [0.1, 0.15) is 27.8 Å². The predicted octanol–water partition coefficient (Wildman–Crippen LogP) is 3.74. The number of nitrogens with one attached hydrogen (secondary N) is 1. The lowest BCUT2D eigenvalue weighted by atomic mass is 9.90. The molecule has 2 aromatic carbocycles. The summed E-state index contributed by atoms with van der Waals surface area (Å²) >= 11 is 0. The quantitative estimate of drug-likeness (QED) is 0.357. The molecule has 10 heteroatoms. The van der Waals surface area contributed by atoms with Crippen LogP contribution in [-0.4, -0.2) is 29.3 Å². The Kier molecular flexibility index (Phi) is 6.33. The predicted molar refractivity (Wildman–Crippen MR) is 143 cm³/mol. The summed E-state index contributed by atoms with van der Waals surface area (Å²) in [5.74, 6) is 0. The van der Waals surface area contributed by atoms with E-state index in [0.717, 1.165) is 5.56 Å². The standard InChI is InChI=1S/C27H24N6O3S/c28-21-13-20(15-30-16-21)24-14-19-9-6-11-23(18-7-2-1-3-8-18)25(19)26(37(35,36)32-27(29)34)33(24)17-22-10-4-5-12-31-22/h1-16,26H,17,28H2,(H3,29,32,34). The van der Waals surface area contributed by atoms with Crippen molar-refractivity contribution in [2.24, 2.45) is 5.73 Å². The molecule has 2 aromatic heterocycles. The normalized spacial score (nSPS) is 15.0. The van der Waals surface area contributed by atoms with Crippen LogP contribution in [0.25, 0.3) is 22.9 Å². The molecule has 0 saturated carbocycles. The van der Waals surface area contributed by atoms with Crippen molar-refractivity contribution in [2.75, 3.05) is 5.73 Å². The van der Waals surface area contributed by atoms with Gasteiger partial charge in [0.2, 0.25) is 0 Å². The van der Waals surface area contributed by atoms with Crippen LogP contribution >= 0.6 is 0 Å². The molecule has 0 saturated heterocycles. The minimum Gasteiger partial charge on any atom is -0.397 e. The van der Waals surface area contributed by atoms with Crippen LogP contribution in [0, 0.1) is 0 Å². The number of pyridine rings is 2. The van der Waals surface area contributed by atoms with Crippen molar-refractivity contribution >= 4 is 33.5 Å². The molecule has 0 aliphatic carbocycles. The van der Waals surface area contributed by atoms with Crippen LogP contribution in [0.2, 0.25) is 0 Å². The van der Waals surface area contributed by atoms with E-state index in [2.05, 4.69) is 9.97 Å². The molecule has 1 aliphatic rings. The third-order valence-electron chi connectivity index (χ3n) is 6.01. The van der Waals surface area contributed by atoms with Gasteiger partial charge in [0, 0.05) is 35.4 Å². The van der Waals surface area contributed by atoms with Crippen molar-refractivity contribution < 1.29 is 13.2 Å². The van der Waals surface area contributed by atoms with Gasteiger partial charge in [-0.2, -0.15) is 0 Å². The van der Waals surface area contributed by atoms with Gasteiger partial charge < -0.3 is 16.4 Å². The summed E-state index contributed by atoms with van der Waals surface area (Å²) in [6, 6.07) is 21.0. The number of fused-ring (bicyclic) bond motifs is 1.